The molecule has 0 aliphatic carbocycles. The van der Waals surface area contributed by atoms with Gasteiger partial charge in [-0.2, -0.15) is 0 Å². The normalized spacial score (nSPS) is 10.8. The van der Waals surface area contributed by atoms with E-state index in [1.165, 1.54) is 11.3 Å². The Morgan fingerprint density at radius 1 is 1.35 bits per heavy atom. The lowest BCUT2D eigenvalue weighted by Gasteiger charge is -2.04. The smallest absolute Gasteiger partial charge is 0.299 e. The molecule has 0 saturated carbocycles. The van der Waals surface area contributed by atoms with Crippen molar-refractivity contribution in [2.75, 3.05) is 20.3 Å². The van der Waals surface area contributed by atoms with Crippen LogP contribution < -0.4 is 10.1 Å². The van der Waals surface area contributed by atoms with Gasteiger partial charge in [-0.25, -0.2) is 0 Å². The number of aryl methyl sites for hydroxylation is 1. The van der Waals surface area contributed by atoms with Crippen molar-refractivity contribution in [1.29, 1.82) is 0 Å². The maximum atomic E-state index is 5.91. The summed E-state index contributed by atoms with van der Waals surface area (Å²) in [6.45, 7) is 4.05. The fraction of sp³-hybridized carbons (Fsp3) is 0.385. The highest BCUT2D eigenvalue weighted by Crippen LogP contribution is 2.29. The summed E-state index contributed by atoms with van der Waals surface area (Å²) in [5, 5.41) is 13.4. The van der Waals surface area contributed by atoms with Crippen LogP contribution >= 0.6 is 22.9 Å². The first-order valence-electron chi connectivity index (χ1n) is 6.15. The van der Waals surface area contributed by atoms with Crippen LogP contribution in [0.2, 0.25) is 5.02 Å². The molecule has 0 fully saturated rings. The molecule has 5 nitrogen and oxygen atoms in total. The van der Waals surface area contributed by atoms with E-state index in [4.69, 9.17) is 21.1 Å². The molecule has 1 N–H and O–H groups in total. The SMILES string of the molecule is COCCNCc1nnc(Oc2ccc(Cl)cc2C)s1. The summed E-state index contributed by atoms with van der Waals surface area (Å²) in [5.74, 6) is 0.740. The molecule has 108 valence electrons. The van der Waals surface area contributed by atoms with Crippen LogP contribution in [0, 0.1) is 6.92 Å². The van der Waals surface area contributed by atoms with Crippen molar-refractivity contribution < 1.29 is 9.47 Å². The summed E-state index contributed by atoms with van der Waals surface area (Å²) in [6.07, 6.45) is 0. The van der Waals surface area contributed by atoms with Crippen LogP contribution in [0.1, 0.15) is 10.6 Å². The lowest BCUT2D eigenvalue weighted by atomic mass is 10.2. The van der Waals surface area contributed by atoms with Gasteiger partial charge in [0.05, 0.1) is 6.61 Å². The van der Waals surface area contributed by atoms with Crippen molar-refractivity contribution in [3.63, 3.8) is 0 Å². The second-order valence-corrected chi connectivity index (χ2v) is 5.60. The lowest BCUT2D eigenvalue weighted by molar-refractivity contribution is 0.199. The number of ether oxygens (including phenoxy) is 2. The average molecular weight is 314 g/mol. The molecule has 0 saturated heterocycles. The Morgan fingerprint density at radius 2 is 2.20 bits per heavy atom. The second-order valence-electron chi connectivity index (χ2n) is 4.14. The van der Waals surface area contributed by atoms with E-state index in [9.17, 15) is 0 Å². The van der Waals surface area contributed by atoms with E-state index < -0.39 is 0 Å². The maximum Gasteiger partial charge on any atom is 0.299 e. The van der Waals surface area contributed by atoms with Crippen molar-refractivity contribution in [3.05, 3.63) is 33.8 Å². The van der Waals surface area contributed by atoms with Crippen LogP contribution in [-0.2, 0) is 11.3 Å². The topological polar surface area (TPSA) is 56.3 Å². The molecule has 1 aromatic carbocycles. The summed E-state index contributed by atoms with van der Waals surface area (Å²) in [6, 6.07) is 5.47. The maximum absolute atomic E-state index is 5.91. The molecule has 0 amide bonds. The largest absolute Gasteiger partial charge is 0.430 e. The summed E-state index contributed by atoms with van der Waals surface area (Å²) in [4.78, 5) is 0. The van der Waals surface area contributed by atoms with E-state index in [0.717, 1.165) is 22.9 Å². The van der Waals surface area contributed by atoms with Crippen LogP contribution in [0.15, 0.2) is 18.2 Å². The molecular weight excluding hydrogens is 298 g/mol. The monoisotopic (exact) mass is 313 g/mol. The Balaban J connectivity index is 1.92. The van der Waals surface area contributed by atoms with Crippen LogP contribution in [0.5, 0.6) is 10.9 Å². The van der Waals surface area contributed by atoms with Crippen molar-refractivity contribution in [2.24, 2.45) is 0 Å². The third-order valence-corrected chi connectivity index (χ3v) is 3.58. The zero-order chi connectivity index (χ0) is 14.4. The fourth-order valence-corrected chi connectivity index (χ4v) is 2.44. The van der Waals surface area contributed by atoms with Gasteiger partial charge >= 0.3 is 0 Å². The van der Waals surface area contributed by atoms with Gasteiger partial charge in [0.1, 0.15) is 10.8 Å². The van der Waals surface area contributed by atoms with Crippen molar-refractivity contribution in [1.82, 2.24) is 15.5 Å². The molecule has 0 aliphatic heterocycles. The summed E-state index contributed by atoms with van der Waals surface area (Å²) >= 11 is 7.33. The zero-order valence-corrected chi connectivity index (χ0v) is 12.9. The standard InChI is InChI=1S/C13H16ClN3O2S/c1-9-7-10(14)3-4-11(9)19-13-17-16-12(20-13)8-15-5-6-18-2/h3-4,7,15H,5-6,8H2,1-2H3. The van der Waals surface area contributed by atoms with Gasteiger partial charge in [0.25, 0.3) is 5.19 Å². The number of aromatic nitrogens is 2. The molecule has 1 aromatic heterocycles. The second kappa shape index (κ2) is 7.54. The lowest BCUT2D eigenvalue weighted by Crippen LogP contribution is -2.18. The van der Waals surface area contributed by atoms with E-state index in [1.807, 2.05) is 19.1 Å². The first-order chi connectivity index (χ1) is 9.69. The molecule has 7 heteroatoms. The molecule has 0 bridgehead atoms. The van der Waals surface area contributed by atoms with Gasteiger partial charge < -0.3 is 14.8 Å². The molecule has 0 spiro atoms. The van der Waals surface area contributed by atoms with Crippen LogP contribution in [0.3, 0.4) is 0 Å². The Kier molecular flexibility index (Phi) is 5.72. The first kappa shape index (κ1) is 15.2. The van der Waals surface area contributed by atoms with Gasteiger partial charge in [-0.05, 0) is 30.7 Å². The zero-order valence-electron chi connectivity index (χ0n) is 11.4. The number of methoxy groups -OCH3 is 1. The number of hydrogen-bond acceptors (Lipinski definition) is 6. The Morgan fingerprint density at radius 3 is 2.95 bits per heavy atom. The minimum absolute atomic E-state index is 0.527. The van der Waals surface area contributed by atoms with E-state index >= 15 is 0 Å². The van der Waals surface area contributed by atoms with Crippen molar-refractivity contribution >= 4 is 22.9 Å². The highest BCUT2D eigenvalue weighted by atomic mass is 35.5. The predicted octanol–water partition coefficient (Wildman–Crippen LogP) is 3.03. The average Bonchev–Trinajstić information content (AvgIpc) is 2.86. The molecule has 2 aromatic rings. The number of hydrogen-bond donors (Lipinski definition) is 1. The number of nitrogens with one attached hydrogen (secondary N) is 1. The molecular formula is C13H16ClN3O2S. The highest BCUT2D eigenvalue weighted by molar-refractivity contribution is 7.13. The summed E-state index contributed by atoms with van der Waals surface area (Å²) in [5.41, 5.74) is 0.965. The van der Waals surface area contributed by atoms with Gasteiger partial charge in [0, 0.05) is 25.2 Å². The predicted molar refractivity (Wildman–Crippen MR) is 79.8 cm³/mol. The molecule has 0 atom stereocenters. The quantitative estimate of drug-likeness (QED) is 0.796. The third-order valence-electron chi connectivity index (χ3n) is 2.54. The number of rotatable bonds is 7. The summed E-state index contributed by atoms with van der Waals surface area (Å²) < 4.78 is 10.7. The Bertz CT molecular complexity index is 562. The number of halogens is 1. The minimum atomic E-state index is 0.527. The number of benzene rings is 1. The molecule has 0 unspecified atom stereocenters. The minimum Gasteiger partial charge on any atom is -0.430 e. The highest BCUT2D eigenvalue weighted by Gasteiger charge is 2.08. The van der Waals surface area contributed by atoms with Gasteiger partial charge in [-0.1, -0.05) is 28.0 Å². The van der Waals surface area contributed by atoms with Gasteiger partial charge in [0.2, 0.25) is 0 Å². The van der Waals surface area contributed by atoms with E-state index in [2.05, 4.69) is 15.5 Å². The molecule has 0 aliphatic rings. The van der Waals surface area contributed by atoms with E-state index in [1.54, 1.807) is 13.2 Å². The van der Waals surface area contributed by atoms with Gasteiger partial charge in [0.15, 0.2) is 0 Å². The third kappa shape index (κ3) is 4.42. The van der Waals surface area contributed by atoms with E-state index in [0.29, 0.717) is 23.4 Å². The molecule has 0 radical (unpaired) electrons. The molecule has 1 heterocycles. The van der Waals surface area contributed by atoms with Gasteiger partial charge in [-0.15, -0.1) is 5.10 Å². The number of nitrogens with zero attached hydrogens (tertiary/aromatic N) is 2. The Labute approximate surface area is 126 Å². The molecule has 20 heavy (non-hydrogen) atoms. The molecule has 2 rings (SSSR count). The van der Waals surface area contributed by atoms with E-state index in [-0.39, 0.29) is 0 Å². The Hall–Kier alpha value is -1.21. The fourth-order valence-electron chi connectivity index (χ4n) is 1.54. The van der Waals surface area contributed by atoms with Crippen LogP contribution in [0.4, 0.5) is 0 Å². The van der Waals surface area contributed by atoms with Gasteiger partial charge in [-0.3, -0.25) is 0 Å². The van der Waals surface area contributed by atoms with Crippen molar-refractivity contribution in [3.8, 4) is 10.9 Å². The first-order valence-corrected chi connectivity index (χ1v) is 7.34. The van der Waals surface area contributed by atoms with Crippen LogP contribution in [-0.4, -0.2) is 30.5 Å². The van der Waals surface area contributed by atoms with Crippen molar-refractivity contribution in [2.45, 2.75) is 13.5 Å². The van der Waals surface area contributed by atoms with Crippen LogP contribution in [0.25, 0.3) is 0 Å². The summed E-state index contributed by atoms with van der Waals surface area (Å²) in [7, 11) is 1.67.